The van der Waals surface area contributed by atoms with Gasteiger partial charge in [-0.15, -0.1) is 0 Å². The maximum Gasteiger partial charge on any atom is 1.00 e. The number of nitrogens with one attached hydrogen (secondary N) is 3. The van der Waals surface area contributed by atoms with Crippen molar-refractivity contribution in [2.45, 2.75) is 32.9 Å². The molecule has 336 valence electrons. The van der Waals surface area contributed by atoms with Gasteiger partial charge in [0.2, 0.25) is 0 Å². The molecule has 5 N–H and O–H groups in total. The number of hydrogen-bond donors (Lipinski definition) is 4. The Bertz CT molecular complexity index is 2350. The molecular formula is C43H53F6LiN10O3. The van der Waals surface area contributed by atoms with Crippen molar-refractivity contribution in [2.75, 3.05) is 78.3 Å². The molecule has 0 saturated heterocycles. The molecule has 2 heterocycles. The smallest absolute Gasteiger partial charge is 0.545 e. The molecule has 63 heavy (non-hydrogen) atoms. The van der Waals surface area contributed by atoms with E-state index in [4.69, 9.17) is 5.73 Å². The van der Waals surface area contributed by atoms with Crippen molar-refractivity contribution < 1.29 is 59.9 Å². The van der Waals surface area contributed by atoms with E-state index in [-0.39, 0.29) is 50.8 Å². The summed E-state index contributed by atoms with van der Waals surface area (Å²) in [6, 6.07) is 19.6. The molecule has 13 nitrogen and oxygen atoms in total. The molecule has 0 aliphatic carbocycles. The number of nitrogens with zero attached hydrogens (tertiary/aromatic N) is 6. The van der Waals surface area contributed by atoms with Crippen LogP contribution in [0, 0.1) is 0 Å². The monoisotopic (exact) mass is 878 g/mol. The Labute approximate surface area is 374 Å². The number of nitrogens with two attached hydrogens (primary N) is 1. The third kappa shape index (κ3) is 15.6. The number of benzene rings is 4. The average Bonchev–Trinajstić information content (AvgIpc) is 3.85. The van der Waals surface area contributed by atoms with Gasteiger partial charge in [0.05, 0.1) is 28.1 Å². The second-order valence-electron chi connectivity index (χ2n) is 14.6. The van der Waals surface area contributed by atoms with Gasteiger partial charge in [-0.2, -0.15) is 36.5 Å². The number of amides is 1. The number of alkyl halides is 6. The summed E-state index contributed by atoms with van der Waals surface area (Å²) in [7, 11) is 12.0. The molecule has 6 aromatic rings. The number of aromatic nitrogens is 4. The first-order chi connectivity index (χ1) is 28.7. The van der Waals surface area contributed by atoms with Gasteiger partial charge in [0, 0.05) is 69.7 Å². The van der Waals surface area contributed by atoms with Crippen LogP contribution >= 0.6 is 0 Å². The van der Waals surface area contributed by atoms with Crippen LogP contribution in [0.2, 0.25) is 0 Å². The van der Waals surface area contributed by atoms with Crippen molar-refractivity contribution in [3.8, 4) is 0 Å². The van der Waals surface area contributed by atoms with E-state index < -0.39 is 29.4 Å². The minimum absolute atomic E-state index is 0. The molecule has 20 heteroatoms. The second-order valence-corrected chi connectivity index (χ2v) is 14.6. The Morgan fingerprint density at radius 2 is 1.03 bits per heavy atom. The number of carboxylic acids is 1. The van der Waals surface area contributed by atoms with Crippen molar-refractivity contribution in [3.05, 3.63) is 118 Å². The summed E-state index contributed by atoms with van der Waals surface area (Å²) in [5, 5.41) is 29.8. The van der Waals surface area contributed by atoms with Gasteiger partial charge in [-0.05, 0) is 99.5 Å². The minimum Gasteiger partial charge on any atom is -0.545 e. The largest absolute Gasteiger partial charge is 1.00 e. The average molecular weight is 879 g/mol. The fourth-order valence-electron chi connectivity index (χ4n) is 5.70. The molecule has 1 amide bonds. The Hall–Kier alpha value is -5.58. The molecule has 0 fully saturated rings. The van der Waals surface area contributed by atoms with Crippen LogP contribution in [0.25, 0.3) is 21.8 Å². The molecule has 0 spiro atoms. The molecular weight excluding hydrogens is 825 g/mol. The molecule has 6 rings (SSSR count). The molecule has 0 aliphatic heterocycles. The number of carboxylic acid groups (broad SMARTS) is 1. The molecule has 0 radical (unpaired) electrons. The van der Waals surface area contributed by atoms with E-state index in [1.807, 2.05) is 58.2 Å². The first kappa shape index (κ1) is 53.6. The van der Waals surface area contributed by atoms with Crippen molar-refractivity contribution >= 4 is 45.3 Å². The van der Waals surface area contributed by atoms with Crippen molar-refractivity contribution in [2.24, 2.45) is 5.73 Å². The van der Waals surface area contributed by atoms with E-state index in [0.29, 0.717) is 22.2 Å². The van der Waals surface area contributed by atoms with E-state index in [1.54, 1.807) is 24.3 Å². The van der Waals surface area contributed by atoms with Crippen LogP contribution in [0.5, 0.6) is 0 Å². The van der Waals surface area contributed by atoms with Gasteiger partial charge in [-0.3, -0.25) is 15.0 Å². The third-order valence-corrected chi connectivity index (χ3v) is 9.32. The standard InChI is InChI=1S/C21H24F3N5O.C13H18N4O2.C8H8F3N.CH4.Li/c1-28(2)10-11-29(3)19-17-9-6-15(12-18(17)26-27-19)20(30)25-13-14-4-7-16(8-5-14)21(22,23)24;1-16(2)6-7-17(3)12-10-5-4-9(13(18)19)8-11(10)14-15-12;9-8(10,11)7-3-1-6(5-12)2-4-7;;/h4-9,12H,10-11,13H2,1-3H3,(H,25,30)(H,26,27);4-5,8H,6-7H2,1-3H3,(H,14,15)(H,18,19);1-4H,5,12H2;1H4;/q;;;;+1/p-1. The molecule has 0 saturated carbocycles. The maximum absolute atomic E-state index is 12.6. The first-order valence-corrected chi connectivity index (χ1v) is 18.9. The normalized spacial score (nSPS) is 11.2. The van der Waals surface area contributed by atoms with Crippen LogP contribution in [0.1, 0.15) is 50.4 Å². The summed E-state index contributed by atoms with van der Waals surface area (Å²) < 4.78 is 73.9. The van der Waals surface area contributed by atoms with E-state index in [9.17, 15) is 41.0 Å². The number of carbonyl (C=O) groups excluding carboxylic acids is 2. The van der Waals surface area contributed by atoms with Gasteiger partial charge in [-0.1, -0.05) is 37.8 Å². The Balaban J connectivity index is 0.000000354. The number of likely N-dealkylation sites (N-methyl/N-ethyl adjacent to an activating group) is 4. The Morgan fingerprint density at radius 3 is 1.41 bits per heavy atom. The number of hydrogen-bond acceptors (Lipinski definition) is 10. The number of H-pyrrole nitrogens is 2. The van der Waals surface area contributed by atoms with Gasteiger partial charge in [0.15, 0.2) is 11.6 Å². The van der Waals surface area contributed by atoms with Crippen LogP contribution in [0.15, 0.2) is 84.9 Å². The zero-order chi connectivity index (χ0) is 45.1. The SMILES string of the molecule is C.CN(C)CCN(C)c1n[nH]c2cc(C(=O)NCc3ccc(C(F)(F)F)cc3)ccc12.CN(C)CCN(C)c1n[nH]c2cc(C(=O)[O-])ccc12.NCc1ccc(C(F)(F)F)cc1.[Li+]. The summed E-state index contributed by atoms with van der Waals surface area (Å²) in [6.45, 7) is 3.85. The molecule has 0 aliphatic rings. The molecule has 2 aromatic heterocycles. The van der Waals surface area contributed by atoms with Crippen molar-refractivity contribution in [1.82, 2.24) is 35.5 Å². The van der Waals surface area contributed by atoms with E-state index in [1.165, 1.54) is 30.3 Å². The third-order valence-electron chi connectivity index (χ3n) is 9.32. The number of halogens is 6. The zero-order valence-corrected chi connectivity index (χ0v) is 35.6. The van der Waals surface area contributed by atoms with Crippen LogP contribution in [-0.4, -0.2) is 111 Å². The van der Waals surface area contributed by atoms with Crippen molar-refractivity contribution in [1.29, 1.82) is 0 Å². The summed E-state index contributed by atoms with van der Waals surface area (Å²) in [4.78, 5) is 31.5. The summed E-state index contributed by atoms with van der Waals surface area (Å²) in [5.41, 5.74) is 7.20. The summed E-state index contributed by atoms with van der Waals surface area (Å²) in [6.07, 6.45) is -8.63. The van der Waals surface area contributed by atoms with E-state index >= 15 is 0 Å². The fourth-order valence-corrected chi connectivity index (χ4v) is 5.70. The number of aromatic amines is 2. The minimum atomic E-state index is -4.37. The number of aromatic carboxylic acids is 1. The number of carbonyl (C=O) groups is 2. The van der Waals surface area contributed by atoms with Gasteiger partial charge in [0.25, 0.3) is 5.91 Å². The van der Waals surface area contributed by atoms with Gasteiger partial charge in [0.1, 0.15) is 0 Å². The predicted octanol–water partition coefficient (Wildman–Crippen LogP) is 3.24. The zero-order valence-electron chi connectivity index (χ0n) is 35.6. The quantitative estimate of drug-likeness (QED) is 0.100. The van der Waals surface area contributed by atoms with E-state index in [2.05, 4.69) is 35.5 Å². The molecule has 0 bridgehead atoms. The Morgan fingerprint density at radius 1 is 0.635 bits per heavy atom. The Kier molecular flexibility index (Phi) is 20.2. The summed E-state index contributed by atoms with van der Waals surface area (Å²) >= 11 is 0. The van der Waals surface area contributed by atoms with Crippen LogP contribution in [-0.2, 0) is 25.4 Å². The number of fused-ring (bicyclic) bond motifs is 2. The topological polar surface area (TPSA) is 166 Å². The number of rotatable bonds is 13. The predicted molar refractivity (Wildman–Crippen MR) is 229 cm³/mol. The van der Waals surface area contributed by atoms with Crippen LogP contribution < -0.4 is 44.8 Å². The van der Waals surface area contributed by atoms with Crippen molar-refractivity contribution in [3.63, 3.8) is 0 Å². The number of anilines is 2. The maximum atomic E-state index is 12.6. The first-order valence-electron chi connectivity index (χ1n) is 18.9. The van der Waals surface area contributed by atoms with Crippen LogP contribution in [0.3, 0.4) is 0 Å². The second kappa shape index (κ2) is 23.7. The molecule has 0 unspecified atom stereocenters. The van der Waals surface area contributed by atoms with Gasteiger partial charge in [-0.25, -0.2) is 0 Å². The van der Waals surface area contributed by atoms with E-state index in [0.717, 1.165) is 78.4 Å². The van der Waals surface area contributed by atoms with Gasteiger partial charge < -0.3 is 40.6 Å². The molecule has 4 aromatic carbocycles. The summed E-state index contributed by atoms with van der Waals surface area (Å²) in [5.74, 6) is 0.137. The molecule has 0 atom stereocenters. The van der Waals surface area contributed by atoms with Crippen LogP contribution in [0.4, 0.5) is 38.0 Å². The van der Waals surface area contributed by atoms with Gasteiger partial charge >= 0.3 is 31.2 Å². The fraction of sp³-hybridized carbons (Fsp3) is 0.349.